The Labute approximate surface area is 102 Å². The van der Waals surface area contributed by atoms with Gasteiger partial charge in [0.05, 0.1) is 5.69 Å². The molecule has 4 nitrogen and oxygen atoms in total. The van der Waals surface area contributed by atoms with Crippen LogP contribution in [0, 0.1) is 6.92 Å². The Morgan fingerprint density at radius 3 is 2.88 bits per heavy atom. The highest BCUT2D eigenvalue weighted by Crippen LogP contribution is 2.22. The summed E-state index contributed by atoms with van der Waals surface area (Å²) in [5.74, 6) is 0. The predicted molar refractivity (Wildman–Crippen MR) is 72.2 cm³/mol. The molecule has 0 bridgehead atoms. The van der Waals surface area contributed by atoms with Crippen LogP contribution in [0.5, 0.6) is 0 Å². The SMILES string of the molecule is CC=NN(c1ccccc1C)N1C=CC=NC1. The number of benzene rings is 1. The van der Waals surface area contributed by atoms with Crippen molar-refractivity contribution in [2.75, 3.05) is 11.8 Å². The van der Waals surface area contributed by atoms with Crippen molar-refractivity contribution in [2.24, 2.45) is 10.1 Å². The summed E-state index contributed by atoms with van der Waals surface area (Å²) in [6.07, 6.45) is 7.44. The molecule has 17 heavy (non-hydrogen) atoms. The number of hydrazine groups is 1. The number of anilines is 1. The van der Waals surface area contributed by atoms with Crippen molar-refractivity contribution < 1.29 is 0 Å². The number of hydrogen-bond donors (Lipinski definition) is 0. The van der Waals surface area contributed by atoms with Crippen molar-refractivity contribution in [1.82, 2.24) is 5.01 Å². The summed E-state index contributed by atoms with van der Waals surface area (Å²) in [5.41, 5.74) is 2.24. The number of nitrogens with zero attached hydrogens (tertiary/aromatic N) is 4. The molecule has 0 radical (unpaired) electrons. The van der Waals surface area contributed by atoms with Gasteiger partial charge in [0.2, 0.25) is 0 Å². The van der Waals surface area contributed by atoms with Crippen molar-refractivity contribution in [1.29, 1.82) is 0 Å². The van der Waals surface area contributed by atoms with Crippen LogP contribution in [-0.2, 0) is 0 Å². The molecule has 0 N–H and O–H groups in total. The van der Waals surface area contributed by atoms with Crippen LogP contribution in [0.1, 0.15) is 12.5 Å². The van der Waals surface area contributed by atoms with Crippen LogP contribution in [0.4, 0.5) is 5.69 Å². The van der Waals surface area contributed by atoms with Crippen LogP contribution in [0.15, 0.2) is 46.6 Å². The van der Waals surface area contributed by atoms with Crippen LogP contribution < -0.4 is 5.12 Å². The average molecular weight is 228 g/mol. The van der Waals surface area contributed by atoms with Crippen molar-refractivity contribution in [3.05, 3.63) is 42.1 Å². The molecule has 1 aliphatic heterocycles. The fraction of sp³-hybridized carbons (Fsp3) is 0.231. The fourth-order valence-electron chi connectivity index (χ4n) is 1.66. The Bertz CT molecular complexity index is 462. The van der Waals surface area contributed by atoms with E-state index in [0.717, 1.165) is 5.69 Å². The highest BCUT2D eigenvalue weighted by Gasteiger charge is 2.13. The van der Waals surface area contributed by atoms with E-state index in [1.807, 2.05) is 41.5 Å². The third-order valence-electron chi connectivity index (χ3n) is 2.48. The molecule has 0 spiro atoms. The second-order valence-corrected chi connectivity index (χ2v) is 3.70. The molecule has 2 rings (SSSR count). The van der Waals surface area contributed by atoms with E-state index in [-0.39, 0.29) is 0 Å². The third-order valence-corrected chi connectivity index (χ3v) is 2.48. The van der Waals surface area contributed by atoms with Crippen LogP contribution in [-0.4, -0.2) is 24.1 Å². The zero-order chi connectivity index (χ0) is 12.1. The highest BCUT2D eigenvalue weighted by molar-refractivity contribution is 5.71. The summed E-state index contributed by atoms with van der Waals surface area (Å²) in [6, 6.07) is 8.16. The van der Waals surface area contributed by atoms with Gasteiger partial charge in [-0.15, -0.1) is 0 Å². The van der Waals surface area contributed by atoms with E-state index in [0.29, 0.717) is 6.67 Å². The van der Waals surface area contributed by atoms with Crippen molar-refractivity contribution in [3.8, 4) is 0 Å². The lowest BCUT2D eigenvalue weighted by Gasteiger charge is -2.31. The number of para-hydroxylation sites is 1. The molecule has 4 heteroatoms. The monoisotopic (exact) mass is 228 g/mol. The van der Waals surface area contributed by atoms with Gasteiger partial charge >= 0.3 is 0 Å². The summed E-state index contributed by atoms with van der Waals surface area (Å²) in [7, 11) is 0. The first-order chi connectivity index (χ1) is 8.33. The molecular weight excluding hydrogens is 212 g/mol. The van der Waals surface area contributed by atoms with Gasteiger partial charge in [-0.1, -0.05) is 18.2 Å². The fourth-order valence-corrected chi connectivity index (χ4v) is 1.66. The quantitative estimate of drug-likeness (QED) is 0.588. The largest absolute Gasteiger partial charge is 0.270 e. The Morgan fingerprint density at radius 2 is 2.24 bits per heavy atom. The maximum atomic E-state index is 4.39. The Morgan fingerprint density at radius 1 is 1.41 bits per heavy atom. The van der Waals surface area contributed by atoms with Gasteiger partial charge in [0, 0.05) is 18.6 Å². The van der Waals surface area contributed by atoms with E-state index in [4.69, 9.17) is 0 Å². The summed E-state index contributed by atoms with van der Waals surface area (Å²) in [5, 5.41) is 8.21. The van der Waals surface area contributed by atoms with Gasteiger partial charge in [0.15, 0.2) is 0 Å². The van der Waals surface area contributed by atoms with E-state index < -0.39 is 0 Å². The Hall–Kier alpha value is -2.10. The summed E-state index contributed by atoms with van der Waals surface area (Å²) >= 11 is 0. The second kappa shape index (κ2) is 5.30. The predicted octanol–water partition coefficient (Wildman–Crippen LogP) is 2.58. The summed E-state index contributed by atoms with van der Waals surface area (Å²) < 4.78 is 0. The minimum absolute atomic E-state index is 0.585. The van der Waals surface area contributed by atoms with Crippen molar-refractivity contribution >= 4 is 18.1 Å². The van der Waals surface area contributed by atoms with Crippen LogP contribution in [0.3, 0.4) is 0 Å². The van der Waals surface area contributed by atoms with E-state index in [9.17, 15) is 0 Å². The molecule has 0 saturated heterocycles. The minimum Gasteiger partial charge on any atom is -0.270 e. The molecule has 0 atom stereocenters. The molecule has 0 aliphatic carbocycles. The van der Waals surface area contributed by atoms with Gasteiger partial charge < -0.3 is 0 Å². The van der Waals surface area contributed by atoms with Gasteiger partial charge in [-0.05, 0) is 31.6 Å². The zero-order valence-electron chi connectivity index (χ0n) is 10.1. The van der Waals surface area contributed by atoms with Gasteiger partial charge in [-0.3, -0.25) is 10.0 Å². The average Bonchev–Trinajstić information content (AvgIpc) is 2.38. The standard InChI is InChI=1S/C13H16N4/c1-3-15-17(16-10-6-9-14-11-16)13-8-5-4-7-12(13)2/h3-10H,11H2,1-2H3. The first-order valence-electron chi connectivity index (χ1n) is 5.60. The maximum Gasteiger partial charge on any atom is 0.131 e. The summed E-state index contributed by atoms with van der Waals surface area (Å²) in [6.45, 7) is 4.56. The number of allylic oxidation sites excluding steroid dienone is 1. The van der Waals surface area contributed by atoms with E-state index in [1.165, 1.54) is 5.56 Å². The number of aliphatic imine (C=N–C) groups is 1. The number of aryl methyl sites for hydroxylation is 1. The van der Waals surface area contributed by atoms with E-state index >= 15 is 0 Å². The third kappa shape index (κ3) is 2.53. The molecule has 0 saturated carbocycles. The van der Waals surface area contributed by atoms with Crippen molar-refractivity contribution in [2.45, 2.75) is 13.8 Å². The second-order valence-electron chi connectivity index (χ2n) is 3.70. The normalized spacial score (nSPS) is 14.6. The van der Waals surface area contributed by atoms with Crippen LogP contribution in [0.2, 0.25) is 0 Å². The topological polar surface area (TPSA) is 31.2 Å². The number of rotatable bonds is 3. The molecule has 1 aromatic rings. The molecular formula is C13H16N4. The van der Waals surface area contributed by atoms with Crippen LogP contribution >= 0.6 is 0 Å². The molecule has 0 amide bonds. The zero-order valence-corrected chi connectivity index (χ0v) is 10.1. The molecule has 0 fully saturated rings. The Kier molecular flexibility index (Phi) is 3.55. The molecule has 0 unspecified atom stereocenters. The lowest BCUT2D eigenvalue weighted by molar-refractivity contribution is 0.357. The lowest BCUT2D eigenvalue weighted by atomic mass is 10.2. The van der Waals surface area contributed by atoms with Gasteiger partial charge in [0.25, 0.3) is 0 Å². The highest BCUT2D eigenvalue weighted by atomic mass is 15.8. The molecule has 1 aromatic carbocycles. The number of hydrogen-bond acceptors (Lipinski definition) is 4. The van der Waals surface area contributed by atoms with E-state index in [1.54, 1.807) is 12.4 Å². The Balaban J connectivity index is 2.32. The first-order valence-corrected chi connectivity index (χ1v) is 5.60. The lowest BCUT2D eigenvalue weighted by Crippen LogP contribution is -2.36. The molecule has 1 heterocycles. The van der Waals surface area contributed by atoms with Gasteiger partial charge in [-0.25, -0.2) is 0 Å². The summed E-state index contributed by atoms with van der Waals surface area (Å²) in [4.78, 5) is 4.22. The first kappa shape index (κ1) is 11.4. The molecule has 0 aromatic heterocycles. The number of hydrazone groups is 1. The van der Waals surface area contributed by atoms with E-state index in [2.05, 4.69) is 29.2 Å². The molecule has 1 aliphatic rings. The van der Waals surface area contributed by atoms with Gasteiger partial charge in [-0.2, -0.15) is 10.2 Å². The smallest absolute Gasteiger partial charge is 0.131 e. The van der Waals surface area contributed by atoms with Crippen molar-refractivity contribution in [3.63, 3.8) is 0 Å². The van der Waals surface area contributed by atoms with Gasteiger partial charge in [0.1, 0.15) is 6.67 Å². The molecule has 88 valence electrons. The maximum absolute atomic E-state index is 4.39. The van der Waals surface area contributed by atoms with Crippen LogP contribution in [0.25, 0.3) is 0 Å². The minimum atomic E-state index is 0.585.